The number of benzene rings is 4. The van der Waals surface area contributed by atoms with Crippen LogP contribution in [0.4, 0.5) is 5.69 Å². The van der Waals surface area contributed by atoms with Crippen LogP contribution in [0.15, 0.2) is 103 Å². The Labute approximate surface area is 293 Å². The molecular weight excluding hydrogens is 630 g/mol. The molecule has 0 spiro atoms. The van der Waals surface area contributed by atoms with Gasteiger partial charge in [-0.1, -0.05) is 60.7 Å². The molecular formula is C41H45N3O6. The number of ketones is 1. The number of rotatable bonds is 16. The van der Waals surface area contributed by atoms with E-state index < -0.39 is 5.97 Å². The van der Waals surface area contributed by atoms with Gasteiger partial charge in [0.1, 0.15) is 11.9 Å². The minimum absolute atomic E-state index is 0.0685. The Morgan fingerprint density at radius 1 is 0.820 bits per heavy atom. The number of anilines is 1. The molecule has 0 bridgehead atoms. The SMILES string of the molecule is CCOc1ccccc1N1CCN(CC[C@H](Oc2ccc(C(=O)c3cn(CCCC(=O)O)c4ccccc34)cc2OC)c2ccccc2)CC1. The van der Waals surface area contributed by atoms with Gasteiger partial charge >= 0.3 is 5.97 Å². The van der Waals surface area contributed by atoms with Crippen molar-refractivity contribution in [1.82, 2.24) is 9.47 Å². The maximum absolute atomic E-state index is 13.9. The fraction of sp³-hybridized carbons (Fsp3) is 0.317. The highest BCUT2D eigenvalue weighted by Gasteiger charge is 2.24. The molecule has 260 valence electrons. The summed E-state index contributed by atoms with van der Waals surface area (Å²) >= 11 is 0. The van der Waals surface area contributed by atoms with Crippen LogP contribution in [0.2, 0.25) is 0 Å². The van der Waals surface area contributed by atoms with Crippen LogP contribution in [0.25, 0.3) is 10.9 Å². The standard InChI is InChI=1S/C41H45N3O6/c1-3-49-37-17-10-9-16-35(37)43-26-24-42(25-27-43)23-21-36(30-12-5-4-6-13-30)50-38-20-19-31(28-39(38)48-2)41(47)33-29-44(22-11-18-40(45)46)34-15-8-7-14-32(33)34/h4-10,12-17,19-20,28-29,36H,3,11,18,21-27H2,1-2H3,(H,45,46)/t36-/m0/s1. The minimum Gasteiger partial charge on any atom is -0.493 e. The van der Waals surface area contributed by atoms with Crippen LogP contribution in [-0.4, -0.2) is 72.8 Å². The minimum atomic E-state index is -0.833. The number of piperazine rings is 1. The summed E-state index contributed by atoms with van der Waals surface area (Å²) in [4.78, 5) is 29.9. The fourth-order valence-corrected chi connectivity index (χ4v) is 6.70. The van der Waals surface area contributed by atoms with Gasteiger partial charge in [0, 0.05) is 80.3 Å². The molecule has 0 aliphatic carbocycles. The van der Waals surface area contributed by atoms with E-state index in [1.165, 1.54) is 0 Å². The largest absolute Gasteiger partial charge is 0.493 e. The molecule has 1 saturated heterocycles. The van der Waals surface area contributed by atoms with Crippen molar-refractivity contribution in [2.45, 2.75) is 38.8 Å². The summed E-state index contributed by atoms with van der Waals surface area (Å²) in [5.74, 6) is 1.03. The molecule has 1 N–H and O–H groups in total. The van der Waals surface area contributed by atoms with Crippen molar-refractivity contribution in [3.63, 3.8) is 0 Å². The molecule has 6 rings (SSSR count). The van der Waals surface area contributed by atoms with Crippen LogP contribution >= 0.6 is 0 Å². The number of para-hydroxylation sites is 3. The van der Waals surface area contributed by atoms with Crippen molar-refractivity contribution in [3.8, 4) is 17.2 Å². The second kappa shape index (κ2) is 16.4. The highest BCUT2D eigenvalue weighted by Crippen LogP contribution is 2.35. The molecule has 4 aromatic carbocycles. The lowest BCUT2D eigenvalue weighted by Crippen LogP contribution is -2.47. The molecule has 9 heteroatoms. The number of carboxylic acids is 1. The zero-order chi connectivity index (χ0) is 34.9. The molecule has 2 heterocycles. The quantitative estimate of drug-likeness (QED) is 0.108. The van der Waals surface area contributed by atoms with E-state index >= 15 is 0 Å². The van der Waals surface area contributed by atoms with Crippen LogP contribution in [0.1, 0.15) is 53.8 Å². The van der Waals surface area contributed by atoms with Crippen molar-refractivity contribution in [1.29, 1.82) is 0 Å². The third-order valence-electron chi connectivity index (χ3n) is 9.27. The van der Waals surface area contributed by atoms with Gasteiger partial charge in [-0.3, -0.25) is 14.5 Å². The van der Waals surface area contributed by atoms with E-state index in [1.807, 2.05) is 78.4 Å². The lowest BCUT2D eigenvalue weighted by atomic mass is 10.0. The highest BCUT2D eigenvalue weighted by molar-refractivity contribution is 6.16. The maximum Gasteiger partial charge on any atom is 0.303 e. The second-order valence-electron chi connectivity index (χ2n) is 12.5. The smallest absolute Gasteiger partial charge is 0.303 e. The Morgan fingerprint density at radius 3 is 2.32 bits per heavy atom. The number of aryl methyl sites for hydroxylation is 1. The van der Waals surface area contributed by atoms with Gasteiger partial charge in [0.15, 0.2) is 17.3 Å². The normalized spacial score (nSPS) is 14.0. The van der Waals surface area contributed by atoms with E-state index in [4.69, 9.17) is 19.3 Å². The number of carbonyl (C=O) groups excluding carboxylic acids is 1. The number of ether oxygens (including phenoxy) is 3. The van der Waals surface area contributed by atoms with Gasteiger partial charge in [0.25, 0.3) is 0 Å². The lowest BCUT2D eigenvalue weighted by Gasteiger charge is -2.37. The summed E-state index contributed by atoms with van der Waals surface area (Å²) in [6.07, 6.45) is 2.94. The summed E-state index contributed by atoms with van der Waals surface area (Å²) in [5, 5.41) is 9.93. The van der Waals surface area contributed by atoms with Gasteiger partial charge in [-0.25, -0.2) is 0 Å². The Kier molecular flexibility index (Phi) is 11.4. The molecule has 1 fully saturated rings. The number of hydrogen-bond donors (Lipinski definition) is 1. The highest BCUT2D eigenvalue weighted by atomic mass is 16.5. The molecule has 0 saturated carbocycles. The zero-order valence-electron chi connectivity index (χ0n) is 28.8. The lowest BCUT2D eigenvalue weighted by molar-refractivity contribution is -0.137. The number of hydrogen-bond acceptors (Lipinski definition) is 7. The number of carbonyl (C=O) groups is 2. The van der Waals surface area contributed by atoms with Crippen LogP contribution in [0, 0.1) is 0 Å². The van der Waals surface area contributed by atoms with Gasteiger partial charge in [0.2, 0.25) is 0 Å². The second-order valence-corrected chi connectivity index (χ2v) is 12.5. The monoisotopic (exact) mass is 675 g/mol. The van der Waals surface area contributed by atoms with Crippen LogP contribution in [0.5, 0.6) is 17.2 Å². The number of methoxy groups -OCH3 is 1. The molecule has 1 aliphatic rings. The summed E-state index contributed by atoms with van der Waals surface area (Å²) < 4.78 is 20.3. The topological polar surface area (TPSA) is 93.5 Å². The Hall–Kier alpha value is -5.28. The molecule has 1 aromatic heterocycles. The van der Waals surface area contributed by atoms with Crippen molar-refractivity contribution in [3.05, 3.63) is 120 Å². The number of carboxylic acid groups (broad SMARTS) is 1. The predicted molar refractivity (Wildman–Crippen MR) is 196 cm³/mol. The maximum atomic E-state index is 13.9. The first kappa shape index (κ1) is 34.6. The van der Waals surface area contributed by atoms with Gasteiger partial charge in [0.05, 0.1) is 19.4 Å². The Balaban J connectivity index is 1.15. The third-order valence-corrected chi connectivity index (χ3v) is 9.27. The molecule has 0 amide bonds. The fourth-order valence-electron chi connectivity index (χ4n) is 6.70. The molecule has 1 atom stereocenters. The van der Waals surface area contributed by atoms with Crippen molar-refractivity contribution >= 4 is 28.3 Å². The Bertz CT molecular complexity index is 1900. The predicted octanol–water partition coefficient (Wildman–Crippen LogP) is 7.48. The third kappa shape index (κ3) is 8.12. The summed E-state index contributed by atoms with van der Waals surface area (Å²) in [7, 11) is 1.59. The van der Waals surface area contributed by atoms with Crippen molar-refractivity contribution < 1.29 is 28.9 Å². The zero-order valence-corrected chi connectivity index (χ0v) is 28.8. The van der Waals surface area contributed by atoms with Crippen LogP contribution in [-0.2, 0) is 11.3 Å². The summed E-state index contributed by atoms with van der Waals surface area (Å²) in [5.41, 5.74) is 4.18. The Morgan fingerprint density at radius 2 is 1.56 bits per heavy atom. The average Bonchev–Trinajstić information content (AvgIpc) is 3.52. The number of nitrogens with zero attached hydrogens (tertiary/aromatic N) is 3. The first-order valence-electron chi connectivity index (χ1n) is 17.4. The molecule has 1 aliphatic heterocycles. The van der Waals surface area contributed by atoms with Crippen LogP contribution < -0.4 is 19.1 Å². The van der Waals surface area contributed by atoms with Gasteiger partial charge < -0.3 is 28.8 Å². The molecule has 9 nitrogen and oxygen atoms in total. The molecule has 5 aromatic rings. The van der Waals surface area contributed by atoms with Crippen molar-refractivity contribution in [2.24, 2.45) is 0 Å². The van der Waals surface area contributed by atoms with Crippen LogP contribution in [0.3, 0.4) is 0 Å². The first-order chi connectivity index (χ1) is 24.4. The molecule has 0 unspecified atom stereocenters. The molecule has 50 heavy (non-hydrogen) atoms. The molecule has 0 radical (unpaired) electrons. The van der Waals surface area contributed by atoms with E-state index in [2.05, 4.69) is 34.1 Å². The van der Waals surface area contributed by atoms with Gasteiger partial charge in [-0.2, -0.15) is 0 Å². The number of aliphatic carboxylic acids is 1. The van der Waals surface area contributed by atoms with Crippen molar-refractivity contribution in [2.75, 3.05) is 51.3 Å². The first-order valence-corrected chi connectivity index (χ1v) is 17.4. The van der Waals surface area contributed by atoms with Gasteiger partial charge in [-0.05, 0) is 55.3 Å². The summed E-state index contributed by atoms with van der Waals surface area (Å²) in [6, 6.07) is 31.5. The van der Waals surface area contributed by atoms with Gasteiger partial charge in [-0.15, -0.1) is 0 Å². The van der Waals surface area contributed by atoms with E-state index in [1.54, 1.807) is 19.2 Å². The van der Waals surface area contributed by atoms with E-state index in [0.29, 0.717) is 42.2 Å². The number of fused-ring (bicyclic) bond motifs is 1. The summed E-state index contributed by atoms with van der Waals surface area (Å²) in [6.45, 7) is 7.77. The van der Waals surface area contributed by atoms with E-state index in [0.717, 1.165) is 67.0 Å². The number of aromatic nitrogens is 1. The van der Waals surface area contributed by atoms with E-state index in [-0.39, 0.29) is 18.3 Å². The average molecular weight is 676 g/mol. The van der Waals surface area contributed by atoms with E-state index in [9.17, 15) is 9.59 Å².